The van der Waals surface area contributed by atoms with Crippen molar-refractivity contribution in [3.8, 4) is 0 Å². The van der Waals surface area contributed by atoms with Crippen LogP contribution in [-0.2, 0) is 33.3 Å². The van der Waals surface area contributed by atoms with E-state index in [2.05, 4.69) is 0 Å². The van der Waals surface area contributed by atoms with Gasteiger partial charge in [0.2, 0.25) is 0 Å². The first-order valence-corrected chi connectivity index (χ1v) is 16.0. The fourth-order valence-corrected chi connectivity index (χ4v) is 7.38. The lowest BCUT2D eigenvalue weighted by Crippen LogP contribution is -2.65. The topological polar surface area (TPSA) is 295 Å². The van der Waals surface area contributed by atoms with Gasteiger partial charge in [-0.2, -0.15) is 0 Å². The van der Waals surface area contributed by atoms with E-state index in [-0.39, 0.29) is 31.6 Å². The van der Waals surface area contributed by atoms with Gasteiger partial charge in [0.05, 0.1) is 36.9 Å². The van der Waals surface area contributed by atoms with Gasteiger partial charge in [-0.3, -0.25) is 9.59 Å². The number of rotatable bonds is 9. The Hall–Kier alpha value is -1.62. The third kappa shape index (κ3) is 8.41. The number of aliphatic hydroxyl groups excluding tert-OH is 9. The summed E-state index contributed by atoms with van der Waals surface area (Å²) in [6, 6.07) is 0. The maximum atomic E-state index is 11.9. The third-order valence-corrected chi connectivity index (χ3v) is 9.97. The first-order valence-electron chi connectivity index (χ1n) is 16.0. The molecule has 2 aliphatic carbocycles. The summed E-state index contributed by atoms with van der Waals surface area (Å²) < 4.78 is 33.4. The summed E-state index contributed by atoms with van der Waals surface area (Å²) >= 11 is 0. The van der Waals surface area contributed by atoms with Crippen LogP contribution in [0.5, 0.6) is 0 Å². The highest BCUT2D eigenvalue weighted by Gasteiger charge is 2.56. The number of fused-ring (bicyclic) bond motifs is 1. The van der Waals surface area contributed by atoms with Crippen LogP contribution in [0.25, 0.3) is 0 Å². The standard InChI is InChI=1S/C29H46O18/c30-11-4-14(32)12-6-18(26(44-17(12)5-11)10-1-2-13(31)15(33)3-10)45-29-27(47-28-25(41)22(38)16(34)8-43-28)24(40)23(39)19(46-29)9-42-21(37)7-20(35)36/h10-19,22-34,38-41H,1-9H2,(H,35,36)/p+1/t10?,11?,12?,13?,14?,15?,16-,17?,18?,19-,22+,23+,24+,25-,26?,27-,28+,29-/m1/s1. The van der Waals surface area contributed by atoms with Crippen molar-refractivity contribution in [2.24, 2.45) is 11.8 Å². The van der Waals surface area contributed by atoms with Crippen molar-refractivity contribution < 1.29 is 89.1 Å². The Morgan fingerprint density at radius 3 is 2.19 bits per heavy atom. The molecule has 5 rings (SSSR count). The number of hydrogen-bond acceptors (Lipinski definition) is 16. The summed E-state index contributed by atoms with van der Waals surface area (Å²) in [6.07, 6.45) is -19.8. The molecule has 270 valence electrons. The Kier molecular flexibility index (Phi) is 12.1. The molecule has 5 aliphatic rings. The van der Waals surface area contributed by atoms with Gasteiger partial charge in [0.25, 0.3) is 0 Å². The van der Waals surface area contributed by atoms with E-state index in [1.807, 2.05) is 0 Å². The number of carboxylic acid groups (broad SMARTS) is 1. The van der Waals surface area contributed by atoms with Crippen molar-refractivity contribution in [1.82, 2.24) is 0 Å². The molecule has 18 atom stereocenters. The van der Waals surface area contributed by atoms with Crippen LogP contribution in [-0.4, -0.2) is 179 Å². The van der Waals surface area contributed by atoms with Crippen molar-refractivity contribution in [3.63, 3.8) is 0 Å². The van der Waals surface area contributed by atoms with Crippen molar-refractivity contribution in [3.05, 3.63) is 0 Å². The fraction of sp³-hybridized carbons (Fsp3) is 0.931. The van der Waals surface area contributed by atoms with Crippen LogP contribution in [0.15, 0.2) is 0 Å². The van der Waals surface area contributed by atoms with E-state index in [0.717, 1.165) is 0 Å². The molecule has 11 N–H and O–H groups in total. The predicted octanol–water partition coefficient (Wildman–Crippen LogP) is -5.02. The molecule has 18 nitrogen and oxygen atoms in total. The van der Waals surface area contributed by atoms with E-state index in [1.165, 1.54) is 0 Å². The molecule has 0 amide bonds. The first kappa shape index (κ1) is 36.7. The lowest BCUT2D eigenvalue weighted by Gasteiger charge is -2.49. The Balaban J connectivity index is 1.40. The Labute approximate surface area is 269 Å². The highest BCUT2D eigenvalue weighted by atomic mass is 16.8. The average molecular weight is 684 g/mol. The van der Waals surface area contributed by atoms with Crippen LogP contribution in [0.1, 0.15) is 44.9 Å². The zero-order valence-corrected chi connectivity index (χ0v) is 25.5. The average Bonchev–Trinajstić information content (AvgIpc) is 3.01. The molecule has 0 spiro atoms. The number of carbonyl (C=O) groups excluding carboxylic acids is 1. The molecular formula is C29H47O18+. The lowest BCUT2D eigenvalue weighted by atomic mass is 9.72. The van der Waals surface area contributed by atoms with E-state index in [9.17, 15) is 55.5 Å². The van der Waals surface area contributed by atoms with Crippen LogP contribution in [0.3, 0.4) is 0 Å². The second kappa shape index (κ2) is 15.5. The number of ether oxygens (including phenoxy) is 6. The fourth-order valence-electron chi connectivity index (χ4n) is 7.38. The minimum atomic E-state index is -1.84. The Morgan fingerprint density at radius 2 is 1.49 bits per heavy atom. The normalized spacial score (nSPS) is 49.1. The number of aliphatic hydroxyl groups is 11. The summed E-state index contributed by atoms with van der Waals surface area (Å²) in [6.45, 7) is -1.12. The van der Waals surface area contributed by atoms with Crippen LogP contribution < -0.4 is 0 Å². The SMILES string of the molecule is O=C(O)CC(=O)OC[C@H]1O[C@@H](OC2CC3C(O)CC(O)CC3[OH+]C2C2CCC(O)C(O)C2)[C@H](O[C@@H]2OC[C@@H](O)[C@H](O)[C@H]2O)[C@@H](O)[C@H]1O. The monoisotopic (exact) mass is 683 g/mol. The quantitative estimate of drug-likeness (QED) is 0.0618. The Morgan fingerprint density at radius 1 is 0.745 bits per heavy atom. The van der Waals surface area contributed by atoms with Crippen LogP contribution >= 0.6 is 0 Å². The number of hydrogen-bond donors (Lipinski definition) is 10. The first-order chi connectivity index (χ1) is 22.2. The van der Waals surface area contributed by atoms with Crippen LogP contribution in [0, 0.1) is 11.8 Å². The summed E-state index contributed by atoms with van der Waals surface area (Å²) in [5.74, 6) is -3.32. The van der Waals surface area contributed by atoms with Gasteiger partial charge in [-0.15, -0.1) is 0 Å². The van der Waals surface area contributed by atoms with Gasteiger partial charge in [0.1, 0.15) is 61.9 Å². The number of esters is 1. The molecular weight excluding hydrogens is 636 g/mol. The zero-order chi connectivity index (χ0) is 34.2. The molecule has 3 aliphatic heterocycles. The molecule has 47 heavy (non-hydrogen) atoms. The van der Waals surface area contributed by atoms with Crippen molar-refractivity contribution >= 4 is 11.9 Å². The van der Waals surface area contributed by atoms with Crippen LogP contribution in [0.4, 0.5) is 0 Å². The molecule has 9 unspecified atom stereocenters. The van der Waals surface area contributed by atoms with Gasteiger partial charge in [0, 0.05) is 18.8 Å². The molecule has 5 fully saturated rings. The van der Waals surface area contributed by atoms with Crippen molar-refractivity contribution in [2.45, 2.75) is 143 Å². The highest BCUT2D eigenvalue weighted by Crippen LogP contribution is 2.42. The summed E-state index contributed by atoms with van der Waals surface area (Å²) in [5, 5.41) is 103. The number of carbonyl (C=O) groups is 2. The largest absolute Gasteiger partial charge is 0.481 e. The third-order valence-electron chi connectivity index (χ3n) is 9.97. The lowest BCUT2D eigenvalue weighted by molar-refractivity contribution is -0.381. The van der Waals surface area contributed by atoms with Gasteiger partial charge in [-0.1, -0.05) is 0 Å². The minimum absolute atomic E-state index is 0.119. The minimum Gasteiger partial charge on any atom is -0.481 e. The highest BCUT2D eigenvalue weighted by molar-refractivity contribution is 5.90. The van der Waals surface area contributed by atoms with E-state index < -0.39 is 136 Å². The molecule has 0 radical (unpaired) electrons. The van der Waals surface area contributed by atoms with E-state index in [4.69, 9.17) is 33.5 Å². The molecule has 3 heterocycles. The molecule has 2 saturated carbocycles. The van der Waals surface area contributed by atoms with Gasteiger partial charge in [0.15, 0.2) is 24.8 Å². The molecule has 0 bridgehead atoms. The summed E-state index contributed by atoms with van der Waals surface area (Å²) in [4.78, 5) is 22.8. The molecule has 0 aromatic rings. The number of carboxylic acids is 1. The van der Waals surface area contributed by atoms with Gasteiger partial charge >= 0.3 is 11.9 Å². The molecule has 0 aromatic heterocycles. The van der Waals surface area contributed by atoms with E-state index in [1.54, 1.807) is 0 Å². The maximum Gasteiger partial charge on any atom is 0.317 e. The van der Waals surface area contributed by atoms with Gasteiger partial charge in [-0.05, 0) is 25.7 Å². The second-order valence-corrected chi connectivity index (χ2v) is 13.3. The van der Waals surface area contributed by atoms with Gasteiger partial charge < -0.3 is 79.5 Å². The summed E-state index contributed by atoms with van der Waals surface area (Å²) in [7, 11) is 0. The summed E-state index contributed by atoms with van der Waals surface area (Å²) in [5.41, 5.74) is 0. The second-order valence-electron chi connectivity index (χ2n) is 13.3. The molecule has 0 aromatic carbocycles. The predicted molar refractivity (Wildman–Crippen MR) is 150 cm³/mol. The van der Waals surface area contributed by atoms with E-state index in [0.29, 0.717) is 12.8 Å². The van der Waals surface area contributed by atoms with Crippen molar-refractivity contribution in [2.75, 3.05) is 13.2 Å². The maximum absolute atomic E-state index is 11.9. The molecule has 18 heteroatoms. The molecule has 3 saturated heterocycles. The Bertz CT molecular complexity index is 1060. The zero-order valence-electron chi connectivity index (χ0n) is 25.5. The van der Waals surface area contributed by atoms with Crippen LogP contribution in [0.2, 0.25) is 0 Å². The van der Waals surface area contributed by atoms with E-state index >= 15 is 0 Å². The van der Waals surface area contributed by atoms with Crippen molar-refractivity contribution in [1.29, 1.82) is 0 Å². The smallest absolute Gasteiger partial charge is 0.317 e. The number of aliphatic carboxylic acids is 1. The van der Waals surface area contributed by atoms with Gasteiger partial charge in [-0.25, -0.2) is 0 Å².